The summed E-state index contributed by atoms with van der Waals surface area (Å²) in [6, 6.07) is 0. The van der Waals surface area contributed by atoms with E-state index in [1.165, 1.54) is 0 Å². The van der Waals surface area contributed by atoms with E-state index in [1.807, 2.05) is 40.1 Å². The quantitative estimate of drug-likeness (QED) is 0.269. The van der Waals surface area contributed by atoms with Gasteiger partial charge < -0.3 is 20.7 Å². The van der Waals surface area contributed by atoms with E-state index in [0.717, 1.165) is 35.9 Å². The molecule has 1 amide bonds. The standard InChI is InChI=1S/C19H35N5O2S.HI/c1-8-19(9-2,24-17(25)26-18(5,6)7)12-22-16(20-10-3)21-11-15-14(4)23-13-27-15;/h13H,8-12H2,1-7H3,(H,24,25)(H2,20,21,22);1H. The second kappa shape index (κ2) is 12.5. The first-order chi connectivity index (χ1) is 12.6. The van der Waals surface area contributed by atoms with Gasteiger partial charge in [-0.3, -0.25) is 0 Å². The van der Waals surface area contributed by atoms with E-state index >= 15 is 0 Å². The molecular formula is C19H36IN5O2S. The average Bonchev–Trinajstić information content (AvgIpc) is 2.99. The summed E-state index contributed by atoms with van der Waals surface area (Å²) in [7, 11) is 0. The molecule has 3 N–H and O–H groups in total. The first-order valence-corrected chi connectivity index (χ1v) is 10.4. The molecule has 7 nitrogen and oxygen atoms in total. The van der Waals surface area contributed by atoms with E-state index in [4.69, 9.17) is 4.74 Å². The fourth-order valence-corrected chi connectivity index (χ4v) is 3.16. The van der Waals surface area contributed by atoms with Crippen LogP contribution in [-0.4, -0.2) is 41.3 Å². The number of aliphatic imine (C=N–C) groups is 1. The summed E-state index contributed by atoms with van der Waals surface area (Å²) in [6.07, 6.45) is 1.17. The van der Waals surface area contributed by atoms with Crippen LogP contribution in [0.5, 0.6) is 0 Å². The molecule has 1 aromatic heterocycles. The normalized spacial score (nSPS) is 12.2. The van der Waals surface area contributed by atoms with Gasteiger partial charge in [-0.25, -0.2) is 14.8 Å². The van der Waals surface area contributed by atoms with Gasteiger partial charge in [0.2, 0.25) is 0 Å². The third-order valence-electron chi connectivity index (χ3n) is 4.28. The van der Waals surface area contributed by atoms with Crippen LogP contribution in [0.25, 0.3) is 0 Å². The maximum absolute atomic E-state index is 12.3. The van der Waals surface area contributed by atoms with Crippen molar-refractivity contribution in [3.63, 3.8) is 0 Å². The van der Waals surface area contributed by atoms with Crippen LogP contribution in [0, 0.1) is 6.92 Å². The molecule has 0 radical (unpaired) electrons. The fraction of sp³-hybridized carbons (Fsp3) is 0.737. The van der Waals surface area contributed by atoms with Crippen LogP contribution in [0.1, 0.15) is 65.0 Å². The Bertz CT molecular complexity index is 624. The number of aromatic nitrogens is 1. The predicted octanol–water partition coefficient (Wildman–Crippen LogP) is 4.21. The molecule has 0 aliphatic heterocycles. The summed E-state index contributed by atoms with van der Waals surface area (Å²) in [5, 5.41) is 9.67. The second-order valence-corrected chi connectivity index (χ2v) is 8.46. The van der Waals surface area contributed by atoms with Crippen molar-refractivity contribution >= 4 is 47.4 Å². The molecule has 0 atom stereocenters. The van der Waals surface area contributed by atoms with Crippen LogP contribution in [0.3, 0.4) is 0 Å². The van der Waals surface area contributed by atoms with Gasteiger partial charge in [0.25, 0.3) is 0 Å². The van der Waals surface area contributed by atoms with Gasteiger partial charge in [-0.2, -0.15) is 0 Å². The molecule has 162 valence electrons. The van der Waals surface area contributed by atoms with Crippen molar-refractivity contribution in [1.29, 1.82) is 0 Å². The van der Waals surface area contributed by atoms with E-state index in [1.54, 1.807) is 11.3 Å². The zero-order valence-corrected chi connectivity index (χ0v) is 21.3. The lowest BCUT2D eigenvalue weighted by Crippen LogP contribution is -2.57. The third-order valence-corrected chi connectivity index (χ3v) is 5.20. The molecule has 0 aliphatic carbocycles. The number of halogens is 1. The van der Waals surface area contributed by atoms with E-state index in [0.29, 0.717) is 13.1 Å². The number of rotatable bonds is 8. The number of guanidine groups is 1. The predicted molar refractivity (Wildman–Crippen MR) is 128 cm³/mol. The molecule has 0 unspecified atom stereocenters. The molecular weight excluding hydrogens is 489 g/mol. The number of ether oxygens (including phenoxy) is 1. The Hall–Kier alpha value is -1.10. The molecule has 0 saturated carbocycles. The second-order valence-electron chi connectivity index (χ2n) is 7.52. The minimum absolute atomic E-state index is 0. The molecule has 0 spiro atoms. The zero-order chi connectivity index (χ0) is 20.5. The van der Waals surface area contributed by atoms with Gasteiger partial charge in [-0.1, -0.05) is 13.8 Å². The highest BCUT2D eigenvalue weighted by atomic mass is 127. The average molecular weight is 526 g/mol. The number of amides is 1. The summed E-state index contributed by atoms with van der Waals surface area (Å²) >= 11 is 1.61. The van der Waals surface area contributed by atoms with Crippen molar-refractivity contribution in [1.82, 2.24) is 20.9 Å². The molecule has 0 aliphatic rings. The van der Waals surface area contributed by atoms with Crippen molar-refractivity contribution in [2.75, 3.05) is 13.1 Å². The molecule has 28 heavy (non-hydrogen) atoms. The van der Waals surface area contributed by atoms with Crippen molar-refractivity contribution in [2.24, 2.45) is 4.99 Å². The van der Waals surface area contributed by atoms with E-state index in [9.17, 15) is 4.79 Å². The molecule has 0 bridgehead atoms. The van der Waals surface area contributed by atoms with Crippen molar-refractivity contribution < 1.29 is 9.53 Å². The van der Waals surface area contributed by atoms with Crippen LogP contribution in [0.15, 0.2) is 10.5 Å². The van der Waals surface area contributed by atoms with Gasteiger partial charge in [0.05, 0.1) is 23.3 Å². The first-order valence-electron chi connectivity index (χ1n) is 9.57. The van der Waals surface area contributed by atoms with Crippen LogP contribution in [-0.2, 0) is 11.3 Å². The van der Waals surface area contributed by atoms with Gasteiger partial charge in [-0.05, 0) is 47.5 Å². The number of thiazole rings is 1. The summed E-state index contributed by atoms with van der Waals surface area (Å²) in [6.45, 7) is 15.6. The molecule has 0 saturated heterocycles. The number of hydrogen-bond acceptors (Lipinski definition) is 5. The number of aryl methyl sites for hydroxylation is 1. The van der Waals surface area contributed by atoms with E-state index < -0.39 is 17.2 Å². The number of alkyl carbamates (subject to hydrolysis) is 1. The smallest absolute Gasteiger partial charge is 0.408 e. The fourth-order valence-electron chi connectivity index (χ4n) is 2.46. The highest BCUT2D eigenvalue weighted by Gasteiger charge is 2.30. The van der Waals surface area contributed by atoms with Crippen LogP contribution in [0.4, 0.5) is 4.79 Å². The zero-order valence-electron chi connectivity index (χ0n) is 18.1. The Labute approximate surface area is 190 Å². The minimum atomic E-state index is -0.520. The first kappa shape index (κ1) is 26.9. The van der Waals surface area contributed by atoms with Crippen molar-refractivity contribution in [3.05, 3.63) is 16.1 Å². The Morgan fingerprint density at radius 2 is 1.86 bits per heavy atom. The lowest BCUT2D eigenvalue weighted by Gasteiger charge is -2.34. The van der Waals surface area contributed by atoms with Crippen molar-refractivity contribution in [3.8, 4) is 0 Å². The third kappa shape index (κ3) is 9.40. The molecule has 9 heteroatoms. The Morgan fingerprint density at radius 1 is 1.21 bits per heavy atom. The maximum atomic E-state index is 12.3. The molecule has 0 fully saturated rings. The van der Waals surface area contributed by atoms with Crippen LogP contribution in [0.2, 0.25) is 0 Å². The summed E-state index contributed by atoms with van der Waals surface area (Å²) < 4.78 is 5.43. The van der Waals surface area contributed by atoms with Gasteiger partial charge in [0, 0.05) is 18.0 Å². The lowest BCUT2D eigenvalue weighted by molar-refractivity contribution is 0.0448. The van der Waals surface area contributed by atoms with E-state index in [2.05, 4.69) is 39.8 Å². The maximum Gasteiger partial charge on any atom is 0.408 e. The number of nitrogens with zero attached hydrogens (tertiary/aromatic N) is 2. The number of hydrogen-bond donors (Lipinski definition) is 3. The SMILES string of the molecule is CCNC(=NCc1scnc1C)NCC(CC)(CC)NC(=O)OC(C)(C)C.I. The van der Waals surface area contributed by atoms with Gasteiger partial charge in [0.1, 0.15) is 5.60 Å². The summed E-state index contributed by atoms with van der Waals surface area (Å²) in [5.41, 5.74) is 1.93. The highest BCUT2D eigenvalue weighted by molar-refractivity contribution is 14.0. The largest absolute Gasteiger partial charge is 0.444 e. The minimum Gasteiger partial charge on any atom is -0.444 e. The van der Waals surface area contributed by atoms with Crippen LogP contribution >= 0.6 is 35.3 Å². The molecule has 1 rings (SSSR count). The Morgan fingerprint density at radius 3 is 2.32 bits per heavy atom. The number of nitrogens with one attached hydrogen (secondary N) is 3. The van der Waals surface area contributed by atoms with Crippen molar-refractivity contribution in [2.45, 2.75) is 79.0 Å². The van der Waals surface area contributed by atoms with E-state index in [-0.39, 0.29) is 24.0 Å². The Kier molecular flexibility index (Phi) is 12.0. The number of carbonyl (C=O) groups excluding carboxylic acids is 1. The van der Waals surface area contributed by atoms with Crippen LogP contribution < -0.4 is 16.0 Å². The lowest BCUT2D eigenvalue weighted by atomic mass is 9.93. The molecule has 0 aromatic carbocycles. The molecule has 1 heterocycles. The van der Waals surface area contributed by atoms with Gasteiger partial charge in [0.15, 0.2) is 5.96 Å². The molecule has 1 aromatic rings. The number of carbonyl (C=O) groups is 1. The van der Waals surface area contributed by atoms with Gasteiger partial charge >= 0.3 is 6.09 Å². The summed E-state index contributed by atoms with van der Waals surface area (Å²) in [5.74, 6) is 0.725. The highest BCUT2D eigenvalue weighted by Crippen LogP contribution is 2.17. The van der Waals surface area contributed by atoms with Gasteiger partial charge in [-0.15, -0.1) is 35.3 Å². The summed E-state index contributed by atoms with van der Waals surface area (Å²) in [4.78, 5) is 22.3. The monoisotopic (exact) mass is 525 g/mol. The topological polar surface area (TPSA) is 87.6 Å². The Balaban J connectivity index is 0.00000729.